The van der Waals surface area contributed by atoms with Crippen LogP contribution in [0.15, 0.2) is 54.6 Å². The van der Waals surface area contributed by atoms with Crippen molar-refractivity contribution >= 4 is 0 Å². The summed E-state index contributed by atoms with van der Waals surface area (Å²) < 4.78 is 5.68. The third-order valence-electron chi connectivity index (χ3n) is 2.99. The van der Waals surface area contributed by atoms with Gasteiger partial charge < -0.3 is 4.74 Å². The zero-order valence-electron chi connectivity index (χ0n) is 10.9. The van der Waals surface area contributed by atoms with E-state index < -0.39 is 0 Å². The Morgan fingerprint density at radius 1 is 0.833 bits per heavy atom. The van der Waals surface area contributed by atoms with Crippen LogP contribution < -0.4 is 0 Å². The van der Waals surface area contributed by atoms with E-state index in [0.29, 0.717) is 0 Å². The normalized spacial score (nSPS) is 10.5. The molecule has 94 valence electrons. The molecule has 18 heavy (non-hydrogen) atoms. The molecule has 0 saturated carbocycles. The molecule has 0 unspecified atom stereocenters. The fraction of sp³-hybridized carbons (Fsp3) is 0.294. The third-order valence-corrected chi connectivity index (χ3v) is 2.99. The zero-order valence-corrected chi connectivity index (χ0v) is 10.9. The van der Waals surface area contributed by atoms with Crippen LogP contribution in [0.3, 0.4) is 0 Å². The lowest BCUT2D eigenvalue weighted by atomic mass is 10.1. The van der Waals surface area contributed by atoms with E-state index in [1.54, 1.807) is 0 Å². The monoisotopic (exact) mass is 240 g/mol. The number of aryl methyl sites for hydroxylation is 2. The van der Waals surface area contributed by atoms with Gasteiger partial charge in [0, 0.05) is 6.61 Å². The summed E-state index contributed by atoms with van der Waals surface area (Å²) in [6, 6.07) is 19.1. The van der Waals surface area contributed by atoms with Crippen LogP contribution in [0.2, 0.25) is 0 Å². The van der Waals surface area contributed by atoms with Gasteiger partial charge in [-0.25, -0.2) is 0 Å². The van der Waals surface area contributed by atoms with Crippen LogP contribution in [-0.4, -0.2) is 6.61 Å². The summed E-state index contributed by atoms with van der Waals surface area (Å²) in [5.74, 6) is 0. The first kappa shape index (κ1) is 12.8. The third kappa shape index (κ3) is 4.34. The van der Waals surface area contributed by atoms with Crippen molar-refractivity contribution in [3.8, 4) is 0 Å². The molecule has 0 radical (unpaired) electrons. The smallest absolute Gasteiger partial charge is 0.0716 e. The number of hydrogen-bond donors (Lipinski definition) is 0. The van der Waals surface area contributed by atoms with Gasteiger partial charge in [-0.3, -0.25) is 0 Å². The maximum atomic E-state index is 5.68. The summed E-state index contributed by atoms with van der Waals surface area (Å²) in [6.07, 6.45) is 2.17. The maximum absolute atomic E-state index is 5.68. The summed E-state index contributed by atoms with van der Waals surface area (Å²) in [7, 11) is 0. The van der Waals surface area contributed by atoms with E-state index in [4.69, 9.17) is 4.74 Å². The molecule has 0 aromatic heterocycles. The summed E-state index contributed by atoms with van der Waals surface area (Å²) in [5.41, 5.74) is 3.93. The van der Waals surface area contributed by atoms with E-state index in [0.717, 1.165) is 26.1 Å². The highest BCUT2D eigenvalue weighted by molar-refractivity contribution is 5.20. The van der Waals surface area contributed by atoms with Gasteiger partial charge in [0.25, 0.3) is 0 Å². The van der Waals surface area contributed by atoms with Gasteiger partial charge in [-0.1, -0.05) is 60.2 Å². The molecule has 2 rings (SSSR count). The van der Waals surface area contributed by atoms with Crippen molar-refractivity contribution in [3.63, 3.8) is 0 Å². The quantitative estimate of drug-likeness (QED) is 0.689. The summed E-state index contributed by atoms with van der Waals surface area (Å²) in [6.45, 7) is 3.64. The van der Waals surface area contributed by atoms with E-state index >= 15 is 0 Å². The molecule has 2 aromatic rings. The molecule has 0 amide bonds. The standard InChI is InChI=1S/C17H20O/c1-15-9-11-17(12-10-15)14-18-13-5-8-16-6-3-2-4-7-16/h2-4,6-7,9-12H,5,8,13-14H2,1H3. The minimum atomic E-state index is 0.717. The van der Waals surface area contributed by atoms with Crippen LogP contribution in [0.1, 0.15) is 23.1 Å². The Bertz CT molecular complexity index is 445. The second kappa shape index (κ2) is 6.97. The molecule has 0 fully saturated rings. The molecule has 0 bridgehead atoms. The first-order valence-corrected chi connectivity index (χ1v) is 6.52. The largest absolute Gasteiger partial charge is 0.377 e. The van der Waals surface area contributed by atoms with Crippen molar-refractivity contribution in [2.45, 2.75) is 26.4 Å². The second-order valence-electron chi connectivity index (χ2n) is 4.63. The van der Waals surface area contributed by atoms with Crippen LogP contribution in [-0.2, 0) is 17.8 Å². The van der Waals surface area contributed by atoms with E-state index in [1.807, 2.05) is 0 Å². The van der Waals surface area contributed by atoms with Gasteiger partial charge >= 0.3 is 0 Å². The molecule has 0 saturated heterocycles. The molecular weight excluding hydrogens is 220 g/mol. The van der Waals surface area contributed by atoms with Crippen molar-refractivity contribution in [3.05, 3.63) is 71.3 Å². The molecule has 2 aromatic carbocycles. The minimum Gasteiger partial charge on any atom is -0.377 e. The number of hydrogen-bond acceptors (Lipinski definition) is 1. The Morgan fingerprint density at radius 2 is 1.56 bits per heavy atom. The predicted molar refractivity (Wildman–Crippen MR) is 75.6 cm³/mol. The number of rotatable bonds is 6. The molecule has 0 aliphatic heterocycles. The van der Waals surface area contributed by atoms with Gasteiger partial charge in [-0.05, 0) is 30.9 Å². The second-order valence-corrected chi connectivity index (χ2v) is 4.63. The van der Waals surface area contributed by atoms with Crippen LogP contribution >= 0.6 is 0 Å². The Balaban J connectivity index is 1.63. The topological polar surface area (TPSA) is 9.23 Å². The molecule has 0 atom stereocenters. The van der Waals surface area contributed by atoms with E-state index in [2.05, 4.69) is 61.5 Å². The Hall–Kier alpha value is -1.60. The molecule has 1 nitrogen and oxygen atoms in total. The summed E-state index contributed by atoms with van der Waals surface area (Å²) >= 11 is 0. The molecule has 1 heteroatoms. The van der Waals surface area contributed by atoms with Crippen LogP contribution in [0, 0.1) is 6.92 Å². The maximum Gasteiger partial charge on any atom is 0.0716 e. The number of ether oxygens (including phenoxy) is 1. The Labute approximate surface area is 109 Å². The van der Waals surface area contributed by atoms with Gasteiger partial charge in [0.05, 0.1) is 6.61 Å². The minimum absolute atomic E-state index is 0.717. The van der Waals surface area contributed by atoms with Crippen molar-refractivity contribution in [1.82, 2.24) is 0 Å². The predicted octanol–water partition coefficient (Wildman–Crippen LogP) is 4.14. The fourth-order valence-electron chi connectivity index (χ4n) is 1.90. The first-order valence-electron chi connectivity index (χ1n) is 6.52. The molecular formula is C17H20O. The van der Waals surface area contributed by atoms with Gasteiger partial charge in [0.15, 0.2) is 0 Å². The summed E-state index contributed by atoms with van der Waals surface area (Å²) in [5, 5.41) is 0. The van der Waals surface area contributed by atoms with Crippen LogP contribution in [0.5, 0.6) is 0 Å². The molecule has 0 aliphatic rings. The van der Waals surface area contributed by atoms with Crippen molar-refractivity contribution in [2.75, 3.05) is 6.61 Å². The lowest BCUT2D eigenvalue weighted by Gasteiger charge is -2.05. The van der Waals surface area contributed by atoms with Crippen molar-refractivity contribution in [2.24, 2.45) is 0 Å². The molecule has 0 aliphatic carbocycles. The molecule has 0 N–H and O–H groups in total. The Kier molecular flexibility index (Phi) is 4.98. The highest BCUT2D eigenvalue weighted by atomic mass is 16.5. The lowest BCUT2D eigenvalue weighted by Crippen LogP contribution is -1.97. The highest BCUT2D eigenvalue weighted by Gasteiger charge is 1.95. The lowest BCUT2D eigenvalue weighted by molar-refractivity contribution is 0.118. The van der Waals surface area contributed by atoms with Crippen LogP contribution in [0.4, 0.5) is 0 Å². The van der Waals surface area contributed by atoms with Gasteiger partial charge in [0.2, 0.25) is 0 Å². The van der Waals surface area contributed by atoms with Gasteiger partial charge in [-0.2, -0.15) is 0 Å². The first-order chi connectivity index (χ1) is 8.84. The van der Waals surface area contributed by atoms with E-state index in [9.17, 15) is 0 Å². The van der Waals surface area contributed by atoms with E-state index in [-0.39, 0.29) is 0 Å². The van der Waals surface area contributed by atoms with Crippen LogP contribution in [0.25, 0.3) is 0 Å². The zero-order chi connectivity index (χ0) is 12.6. The molecule has 0 heterocycles. The highest BCUT2D eigenvalue weighted by Crippen LogP contribution is 2.06. The molecule has 0 spiro atoms. The van der Waals surface area contributed by atoms with Crippen molar-refractivity contribution < 1.29 is 4.74 Å². The SMILES string of the molecule is Cc1ccc(COCCCc2ccccc2)cc1. The van der Waals surface area contributed by atoms with Crippen molar-refractivity contribution in [1.29, 1.82) is 0 Å². The fourth-order valence-corrected chi connectivity index (χ4v) is 1.90. The Morgan fingerprint density at radius 3 is 2.28 bits per heavy atom. The summed E-state index contributed by atoms with van der Waals surface area (Å²) in [4.78, 5) is 0. The van der Waals surface area contributed by atoms with Gasteiger partial charge in [0.1, 0.15) is 0 Å². The average molecular weight is 240 g/mol. The average Bonchev–Trinajstić information content (AvgIpc) is 2.42. The van der Waals surface area contributed by atoms with E-state index in [1.165, 1.54) is 16.7 Å². The van der Waals surface area contributed by atoms with Gasteiger partial charge in [-0.15, -0.1) is 0 Å². The number of benzene rings is 2.